The lowest BCUT2D eigenvalue weighted by molar-refractivity contribution is 0.585. The van der Waals surface area contributed by atoms with Gasteiger partial charge < -0.3 is 10.6 Å². The van der Waals surface area contributed by atoms with Gasteiger partial charge in [0.2, 0.25) is 0 Å². The summed E-state index contributed by atoms with van der Waals surface area (Å²) in [6.07, 6.45) is 3.54. The maximum Gasteiger partial charge on any atom is 0.130 e. The molecule has 1 aliphatic rings. The third-order valence-corrected chi connectivity index (χ3v) is 3.66. The number of anilines is 1. The van der Waals surface area contributed by atoms with Gasteiger partial charge in [0.25, 0.3) is 0 Å². The highest BCUT2D eigenvalue weighted by Crippen LogP contribution is 2.35. The Balaban J connectivity index is 2.34. The lowest BCUT2D eigenvalue weighted by Crippen LogP contribution is -2.33. The standard InChI is InChI=1S/C15H28N4/c1-10(2)9-19(13-6-7-13)15-14(8-11(3)16)12(4)17-18(15)5/h10-11,13H,6-9,16H2,1-5H3. The van der Waals surface area contributed by atoms with Gasteiger partial charge >= 0.3 is 0 Å². The first-order chi connectivity index (χ1) is 8.90. The number of aryl methyl sites for hydroxylation is 2. The highest BCUT2D eigenvalue weighted by Gasteiger charge is 2.33. The molecule has 1 unspecified atom stereocenters. The van der Waals surface area contributed by atoms with Crippen LogP contribution in [0.15, 0.2) is 0 Å². The number of aromatic nitrogens is 2. The SMILES string of the molecule is Cc1nn(C)c(N(CC(C)C)C2CC2)c1CC(C)N. The Morgan fingerprint density at radius 2 is 2.00 bits per heavy atom. The molecule has 1 fully saturated rings. The van der Waals surface area contributed by atoms with Gasteiger partial charge in [0.15, 0.2) is 0 Å². The second kappa shape index (κ2) is 5.53. The van der Waals surface area contributed by atoms with E-state index in [-0.39, 0.29) is 6.04 Å². The fourth-order valence-electron chi connectivity index (χ4n) is 2.80. The van der Waals surface area contributed by atoms with Crippen molar-refractivity contribution in [2.75, 3.05) is 11.4 Å². The Hall–Kier alpha value is -1.03. The molecule has 19 heavy (non-hydrogen) atoms. The van der Waals surface area contributed by atoms with Crippen LogP contribution in [0.3, 0.4) is 0 Å². The molecule has 1 saturated carbocycles. The first-order valence-corrected chi connectivity index (χ1v) is 7.44. The summed E-state index contributed by atoms with van der Waals surface area (Å²) in [5.74, 6) is 1.96. The second-order valence-corrected chi connectivity index (χ2v) is 6.47. The summed E-state index contributed by atoms with van der Waals surface area (Å²) in [6, 6.07) is 0.894. The van der Waals surface area contributed by atoms with Crippen molar-refractivity contribution in [3.05, 3.63) is 11.3 Å². The molecule has 0 radical (unpaired) electrons. The van der Waals surface area contributed by atoms with Crippen LogP contribution in [0.4, 0.5) is 5.82 Å². The van der Waals surface area contributed by atoms with E-state index in [2.05, 4.69) is 44.7 Å². The number of hydrogen-bond acceptors (Lipinski definition) is 3. The normalized spacial score (nSPS) is 17.0. The number of rotatable bonds is 6. The molecule has 1 atom stereocenters. The maximum absolute atomic E-state index is 6.01. The van der Waals surface area contributed by atoms with Crippen LogP contribution >= 0.6 is 0 Å². The van der Waals surface area contributed by atoms with E-state index in [4.69, 9.17) is 5.73 Å². The molecule has 0 bridgehead atoms. The molecule has 1 aromatic heterocycles. The fraction of sp³-hybridized carbons (Fsp3) is 0.800. The van der Waals surface area contributed by atoms with Crippen molar-refractivity contribution in [3.63, 3.8) is 0 Å². The zero-order chi connectivity index (χ0) is 14.2. The number of hydrogen-bond donors (Lipinski definition) is 1. The van der Waals surface area contributed by atoms with Crippen molar-refractivity contribution in [2.45, 2.75) is 59.0 Å². The Bertz CT molecular complexity index is 430. The minimum Gasteiger partial charge on any atom is -0.353 e. The van der Waals surface area contributed by atoms with Gasteiger partial charge in [0.05, 0.1) is 5.69 Å². The van der Waals surface area contributed by atoms with E-state index >= 15 is 0 Å². The average Bonchev–Trinajstić information content (AvgIpc) is 3.05. The van der Waals surface area contributed by atoms with Crippen LogP contribution in [0.1, 0.15) is 44.9 Å². The molecule has 0 amide bonds. The van der Waals surface area contributed by atoms with Crippen molar-refractivity contribution in [1.29, 1.82) is 0 Å². The van der Waals surface area contributed by atoms with Crippen LogP contribution in [-0.2, 0) is 13.5 Å². The summed E-state index contributed by atoms with van der Waals surface area (Å²) >= 11 is 0. The molecular weight excluding hydrogens is 236 g/mol. The van der Waals surface area contributed by atoms with E-state index in [9.17, 15) is 0 Å². The summed E-state index contributed by atoms with van der Waals surface area (Å²) in [6.45, 7) is 9.84. The Labute approximate surface area is 117 Å². The molecule has 0 spiro atoms. The van der Waals surface area contributed by atoms with Gasteiger partial charge in [-0.25, -0.2) is 0 Å². The summed E-state index contributed by atoms with van der Waals surface area (Å²) in [7, 11) is 2.06. The van der Waals surface area contributed by atoms with E-state index in [0.717, 1.165) is 18.7 Å². The average molecular weight is 264 g/mol. The van der Waals surface area contributed by atoms with Crippen LogP contribution < -0.4 is 10.6 Å². The molecule has 1 aromatic rings. The summed E-state index contributed by atoms with van der Waals surface area (Å²) < 4.78 is 2.05. The molecule has 108 valence electrons. The topological polar surface area (TPSA) is 47.1 Å². The minimum absolute atomic E-state index is 0.182. The molecule has 0 aromatic carbocycles. The van der Waals surface area contributed by atoms with Gasteiger partial charge in [-0.3, -0.25) is 4.68 Å². The lowest BCUT2D eigenvalue weighted by Gasteiger charge is -2.28. The highest BCUT2D eigenvalue weighted by atomic mass is 15.4. The van der Waals surface area contributed by atoms with E-state index in [1.807, 2.05) is 4.68 Å². The van der Waals surface area contributed by atoms with E-state index in [0.29, 0.717) is 12.0 Å². The smallest absolute Gasteiger partial charge is 0.130 e. The van der Waals surface area contributed by atoms with Gasteiger partial charge in [-0.1, -0.05) is 13.8 Å². The monoisotopic (exact) mass is 264 g/mol. The van der Waals surface area contributed by atoms with E-state index in [1.165, 1.54) is 24.2 Å². The molecule has 0 aliphatic heterocycles. The summed E-state index contributed by atoms with van der Waals surface area (Å²) in [5.41, 5.74) is 8.48. The fourth-order valence-corrected chi connectivity index (χ4v) is 2.80. The Kier molecular flexibility index (Phi) is 4.19. The highest BCUT2D eigenvalue weighted by molar-refractivity contribution is 5.52. The molecule has 1 heterocycles. The van der Waals surface area contributed by atoms with E-state index < -0.39 is 0 Å². The van der Waals surface area contributed by atoms with E-state index in [1.54, 1.807) is 0 Å². The first kappa shape index (κ1) is 14.4. The van der Waals surface area contributed by atoms with Gasteiger partial charge in [0.1, 0.15) is 5.82 Å². The van der Waals surface area contributed by atoms with Crippen molar-refractivity contribution in [3.8, 4) is 0 Å². The Morgan fingerprint density at radius 1 is 1.37 bits per heavy atom. The minimum atomic E-state index is 0.182. The van der Waals surface area contributed by atoms with Gasteiger partial charge in [0, 0.05) is 31.2 Å². The number of nitrogens with zero attached hydrogens (tertiary/aromatic N) is 3. The predicted octanol–water partition coefficient (Wildman–Crippen LogP) is 2.24. The van der Waals surface area contributed by atoms with Crippen LogP contribution in [0.5, 0.6) is 0 Å². The summed E-state index contributed by atoms with van der Waals surface area (Å²) in [4.78, 5) is 2.56. The first-order valence-electron chi connectivity index (χ1n) is 7.44. The lowest BCUT2D eigenvalue weighted by atomic mass is 10.1. The van der Waals surface area contributed by atoms with Crippen molar-refractivity contribution in [2.24, 2.45) is 18.7 Å². The van der Waals surface area contributed by atoms with Crippen LogP contribution in [-0.4, -0.2) is 28.4 Å². The third-order valence-electron chi connectivity index (χ3n) is 3.66. The molecule has 1 aliphatic carbocycles. The molecule has 2 rings (SSSR count). The van der Waals surface area contributed by atoms with Crippen molar-refractivity contribution < 1.29 is 0 Å². The van der Waals surface area contributed by atoms with Gasteiger partial charge in [-0.15, -0.1) is 0 Å². The quantitative estimate of drug-likeness (QED) is 0.857. The van der Waals surface area contributed by atoms with Crippen LogP contribution in [0.2, 0.25) is 0 Å². The molecule has 2 N–H and O–H groups in total. The molecular formula is C15H28N4. The maximum atomic E-state index is 6.01. The van der Waals surface area contributed by atoms with Gasteiger partial charge in [-0.05, 0) is 39.0 Å². The van der Waals surface area contributed by atoms with Gasteiger partial charge in [-0.2, -0.15) is 5.10 Å². The predicted molar refractivity (Wildman–Crippen MR) is 80.5 cm³/mol. The Morgan fingerprint density at radius 3 is 2.47 bits per heavy atom. The largest absolute Gasteiger partial charge is 0.353 e. The zero-order valence-corrected chi connectivity index (χ0v) is 13.0. The molecule has 4 nitrogen and oxygen atoms in total. The third kappa shape index (κ3) is 3.30. The molecule has 4 heteroatoms. The molecule has 0 saturated heterocycles. The zero-order valence-electron chi connectivity index (χ0n) is 13.0. The van der Waals surface area contributed by atoms with Crippen LogP contribution in [0.25, 0.3) is 0 Å². The number of nitrogens with two attached hydrogens (primary N) is 1. The van der Waals surface area contributed by atoms with Crippen molar-refractivity contribution >= 4 is 5.82 Å². The van der Waals surface area contributed by atoms with Crippen LogP contribution in [0, 0.1) is 12.8 Å². The van der Waals surface area contributed by atoms with Crippen molar-refractivity contribution in [1.82, 2.24) is 9.78 Å². The summed E-state index contributed by atoms with van der Waals surface area (Å²) in [5, 5.41) is 4.62. The second-order valence-electron chi connectivity index (χ2n) is 6.47.